The van der Waals surface area contributed by atoms with Crippen LogP contribution in [0, 0.1) is 39.9 Å². The molecule has 9 heterocycles. The van der Waals surface area contributed by atoms with Crippen molar-refractivity contribution in [3.05, 3.63) is 143 Å². The molecule has 3 aromatic rings. The fourth-order valence-corrected chi connectivity index (χ4v) is 27.3. The number of aryl methyl sites for hydroxylation is 3. The van der Waals surface area contributed by atoms with Gasteiger partial charge in [0.1, 0.15) is 36.4 Å². The Bertz CT molecular complexity index is 6020. The number of rotatable bonds is 26. The van der Waals surface area contributed by atoms with Crippen molar-refractivity contribution in [1.29, 1.82) is 0 Å². The molecule has 36 nitrogen and oxygen atoms in total. The lowest BCUT2D eigenvalue weighted by Gasteiger charge is -2.31. The highest BCUT2D eigenvalue weighted by Crippen LogP contribution is 2.60. The third kappa shape index (κ3) is 25.1. The Morgan fingerprint density at radius 2 is 0.694 bits per heavy atom. The number of sulfonamides is 3. The number of ether oxygens (including phenoxy) is 3. The van der Waals surface area contributed by atoms with E-state index >= 15 is 0 Å². The van der Waals surface area contributed by atoms with Gasteiger partial charge in [-0.05, 0) is 202 Å². The van der Waals surface area contributed by atoms with Crippen LogP contribution in [0.15, 0.2) is 92.6 Å². The molecule has 147 heavy (non-hydrogen) atoms. The molecule has 0 spiro atoms. The normalized spacial score (nSPS) is 29.3. The van der Waals surface area contributed by atoms with E-state index in [2.05, 4.69) is 68.1 Å². The van der Waals surface area contributed by atoms with Gasteiger partial charge in [-0.3, -0.25) is 86.4 Å². The van der Waals surface area contributed by atoms with Gasteiger partial charge in [0.05, 0.1) is 69.8 Å². The third-order valence-corrected chi connectivity index (χ3v) is 38.3. The van der Waals surface area contributed by atoms with Crippen LogP contribution in [0.3, 0.4) is 0 Å². The maximum Gasteiger partial charge on any atom is 0.410 e. The Labute approximate surface area is 861 Å². The first kappa shape index (κ1) is 108. The lowest BCUT2D eigenvalue weighted by Crippen LogP contribution is -2.54. The van der Waals surface area contributed by atoms with Gasteiger partial charge in [-0.2, -0.15) is 0 Å². The van der Waals surface area contributed by atoms with Gasteiger partial charge in [0.2, 0.25) is 83.2 Å². The standard InChI is InChI=1S/C37H50N4O8S.C36H48N4O8S.C35H46N4O8S/c1-3-5-14-30-34(44)41-22-27(18-31(41)32(42)20-37(19-26(37)4-2)35(45)39-50(47,48)28-16-17-28)49-36(46)40-21-25-13-10-12-24(29(25)23-40)11-8-6-7-9-15-33(43)38-30;1-4-25-17-36(25,34(44)38-49(46,47)27-14-15-27)18-30(41)29-16-26-20-40(29)33(43)32(22(2)3)37-31(42)13-8-6-5-7-10-23-11-9-12-24-19-39(21-28(23)24)35(45)48-26;1-3-24-17-35(24,33(43)37-48(45,46)26-14-15-26)18-30(40)29-16-25-20-39(29)32(42)28(4-2)36-31(41)13-8-6-5-7-10-22-11-9-12-23-19-38(21-27(22)23)34(44)47-25/h4,10,12-13,26-28,30-31H,2-3,5-9,11,14-23H2,1H3,(H,38,43)(H,39,45);4,9,11-12,22,25-27,29,32H,1,5-8,10,13-21H2,2-3H3,(H,37,42)(H,38,44);3,9,11-12,24-26,28-29H,1,4-8,10,13-21H2,2H3,(H,36,41)(H,37,43)/t26-,27-,30+,31+,37-;25-,26-,29+,32+,36-;24-,25-,28+,29+,35-/m111/s1. The van der Waals surface area contributed by atoms with E-state index in [1.807, 2.05) is 57.2 Å². The zero-order chi connectivity index (χ0) is 105. The van der Waals surface area contributed by atoms with E-state index in [1.54, 1.807) is 39.9 Å². The Kier molecular flexibility index (Phi) is 33.7. The van der Waals surface area contributed by atoms with Gasteiger partial charge in [0, 0.05) is 97.1 Å². The molecule has 15 aliphatic rings. The summed E-state index contributed by atoms with van der Waals surface area (Å²) in [4.78, 5) is 214. The number of benzene rings is 3. The minimum absolute atomic E-state index is 0.0257. The Morgan fingerprint density at radius 3 is 0.986 bits per heavy atom. The fraction of sp³-hybridized carbons (Fsp3) is 0.639. The van der Waals surface area contributed by atoms with Crippen molar-refractivity contribution in [2.45, 2.75) is 375 Å². The molecule has 9 aliphatic heterocycles. The summed E-state index contributed by atoms with van der Waals surface area (Å²) >= 11 is 0. The van der Waals surface area contributed by atoms with Gasteiger partial charge in [-0.1, -0.05) is 152 Å². The summed E-state index contributed by atoms with van der Waals surface area (Å²) in [6.07, 6.45) is 19.7. The molecule has 6 saturated carbocycles. The quantitative estimate of drug-likeness (QED) is 0.0321. The second-order valence-electron chi connectivity index (χ2n) is 43.9. The monoisotopic (exact) mass is 2090 g/mol. The fourth-order valence-electron chi connectivity index (χ4n) is 23.2. The number of nitrogens with one attached hydrogen (secondary N) is 6. The highest BCUT2D eigenvalue weighted by molar-refractivity contribution is 7.91. The van der Waals surface area contributed by atoms with Crippen LogP contribution in [0.2, 0.25) is 0 Å². The summed E-state index contributed by atoms with van der Waals surface area (Å²) in [5, 5.41) is 6.85. The van der Waals surface area contributed by atoms with E-state index in [-0.39, 0.29) is 114 Å². The molecule has 39 heteroatoms. The topological polar surface area (TPSA) is 478 Å². The summed E-state index contributed by atoms with van der Waals surface area (Å²) in [5.74, 6) is -6.98. The summed E-state index contributed by atoms with van der Waals surface area (Å²) in [7, 11) is -11.5. The highest BCUT2D eigenvalue weighted by atomic mass is 32.2. The third-order valence-electron chi connectivity index (χ3n) is 32.8. The van der Waals surface area contributed by atoms with Crippen LogP contribution in [0.1, 0.15) is 296 Å². The number of hydrogen-bond acceptors (Lipinski definition) is 24. The number of carbonyl (C=O) groups excluding carboxylic acids is 15. The molecule has 798 valence electrons. The van der Waals surface area contributed by atoms with Gasteiger partial charge >= 0.3 is 18.3 Å². The van der Waals surface area contributed by atoms with Crippen molar-refractivity contribution in [3.8, 4) is 0 Å². The minimum atomic E-state index is -3.84. The Morgan fingerprint density at radius 1 is 0.401 bits per heavy atom. The average molecular weight is 2090 g/mol. The summed E-state index contributed by atoms with van der Waals surface area (Å²) in [5.41, 5.74) is 6.35. The first-order valence-electron chi connectivity index (χ1n) is 53.3. The lowest BCUT2D eigenvalue weighted by atomic mass is 9.91. The molecule has 12 amide bonds. The number of unbranched alkanes of at least 4 members (excludes halogenated alkanes) is 1. The average Bonchev–Trinajstić information content (AvgIpc) is 1.58. The number of hydrogen-bond donors (Lipinski definition) is 6. The van der Waals surface area contributed by atoms with Crippen molar-refractivity contribution >= 4 is 119 Å². The van der Waals surface area contributed by atoms with Gasteiger partial charge in [0.15, 0.2) is 17.3 Å². The molecule has 18 rings (SSSR count). The molecule has 6 N–H and O–H groups in total. The van der Waals surface area contributed by atoms with Crippen molar-refractivity contribution < 1.29 is 111 Å². The van der Waals surface area contributed by atoms with Crippen LogP contribution in [0.5, 0.6) is 0 Å². The van der Waals surface area contributed by atoms with Crippen molar-refractivity contribution in [2.75, 3.05) is 19.6 Å². The highest BCUT2D eigenvalue weighted by Gasteiger charge is 2.65. The summed E-state index contributed by atoms with van der Waals surface area (Å²) in [6, 6.07) is 12.6. The van der Waals surface area contributed by atoms with E-state index in [0.29, 0.717) is 123 Å². The second-order valence-corrected chi connectivity index (χ2v) is 49.7. The van der Waals surface area contributed by atoms with Gasteiger partial charge < -0.3 is 44.9 Å². The number of amides is 12. The molecule has 3 aromatic carbocycles. The van der Waals surface area contributed by atoms with Crippen LogP contribution in [-0.4, -0.2) is 233 Å². The summed E-state index contributed by atoms with van der Waals surface area (Å²) in [6.45, 7) is 21.1. The number of Topliss-reactive ketones (excluding diaryl/α,β-unsaturated/α-hetero) is 3. The summed E-state index contributed by atoms with van der Waals surface area (Å²) < 4.78 is 100. The van der Waals surface area contributed by atoms with E-state index in [4.69, 9.17) is 14.2 Å². The number of ketones is 3. The van der Waals surface area contributed by atoms with Gasteiger partial charge in [-0.25, -0.2) is 39.6 Å². The molecule has 6 aliphatic carbocycles. The lowest BCUT2D eigenvalue weighted by molar-refractivity contribution is -0.142. The maximum absolute atomic E-state index is 14.3. The smallest absolute Gasteiger partial charge is 0.410 e. The van der Waals surface area contributed by atoms with Crippen molar-refractivity contribution in [1.82, 2.24) is 59.5 Å². The molecular weight excluding hydrogens is 1950 g/mol. The molecule has 0 unspecified atom stereocenters. The minimum Gasteiger partial charge on any atom is -0.444 e. The predicted octanol–water partition coefficient (Wildman–Crippen LogP) is 10.8. The van der Waals surface area contributed by atoms with Crippen molar-refractivity contribution in [2.24, 2.45) is 39.9 Å². The number of fused-ring (bicyclic) bond motifs is 9. The Hall–Kier alpha value is -11.2. The number of carbonyl (C=O) groups is 15. The van der Waals surface area contributed by atoms with E-state index in [0.717, 1.165) is 117 Å². The Balaban J connectivity index is 0.000000158. The first-order chi connectivity index (χ1) is 70.2. The molecular formula is C108H144N12O24S3. The maximum atomic E-state index is 14.3. The van der Waals surface area contributed by atoms with Crippen molar-refractivity contribution in [3.63, 3.8) is 0 Å². The largest absolute Gasteiger partial charge is 0.444 e. The second kappa shape index (κ2) is 45.7. The van der Waals surface area contributed by atoms with Crippen LogP contribution in [0.4, 0.5) is 14.4 Å². The van der Waals surface area contributed by atoms with Crippen LogP contribution >= 0.6 is 0 Å². The predicted molar refractivity (Wildman–Crippen MR) is 540 cm³/mol. The zero-order valence-corrected chi connectivity index (χ0v) is 87.5. The zero-order valence-electron chi connectivity index (χ0n) is 85.0. The van der Waals surface area contributed by atoms with Crippen LogP contribution in [-0.2, 0) is 160 Å². The SMILES string of the molecule is C=C[C@@H]1C[C@]1(CC(=O)[C@@H]1C[C@@H]2CN1C(=O)[C@H](C(C)C)NC(=O)CCCCCCc1cccc3c1CN(C3)C(=O)O2)C(=O)NS(=O)(=O)C1CC1.C=C[C@@H]1C[C@]1(CC(=O)[C@@H]1C[C@@H]2CN1C(=O)[C@H](CC)NC(=O)CCCCCCc1cccc3c1CN(C3)C(=O)O2)C(=O)NS(=O)(=O)C1CC1.C=C[C@@H]1C[C@]1(CC(=O)[C@@H]1C[C@@H]2CN1C(=O)[C@H](CCCC)NC(=O)CCCCCCc1cccc3c1CN(C3)C(=O)O2)C(=O)NS(=O)(=O)C1CC1. The van der Waals surface area contributed by atoms with E-state index < -0.39 is 205 Å². The van der Waals surface area contributed by atoms with Gasteiger partial charge in [-0.15, -0.1) is 19.7 Å². The van der Waals surface area contributed by atoms with Crippen LogP contribution < -0.4 is 30.1 Å². The number of nitrogens with zero attached hydrogens (tertiary/aromatic N) is 6. The molecule has 3 saturated heterocycles. The van der Waals surface area contributed by atoms with E-state index in [9.17, 15) is 97.2 Å². The molecule has 15 atom stereocenters. The number of allylic oxidation sites excluding steroid dienone is 3. The van der Waals surface area contributed by atoms with E-state index in [1.165, 1.54) is 31.4 Å². The van der Waals surface area contributed by atoms with Gasteiger partial charge in [0.25, 0.3) is 0 Å². The molecule has 0 aromatic heterocycles. The molecule has 0 radical (unpaired) electrons. The van der Waals surface area contributed by atoms with Crippen LogP contribution in [0.25, 0.3) is 0 Å². The molecule has 12 bridgehead atoms. The first-order valence-corrected chi connectivity index (χ1v) is 58.0. The molecule has 9 fully saturated rings.